The molecule has 1 unspecified atom stereocenters. The number of imidazole rings is 1. The third-order valence-electron chi connectivity index (χ3n) is 3.72. The zero-order valence-corrected chi connectivity index (χ0v) is 12.9. The maximum Gasteiger partial charge on any atom is 0.0951 e. The number of hydrogen-bond donors (Lipinski definition) is 1. The molecule has 1 atom stereocenters. The lowest BCUT2D eigenvalue weighted by Gasteiger charge is -2.17. The maximum absolute atomic E-state index is 4.24. The van der Waals surface area contributed by atoms with Gasteiger partial charge < -0.3 is 9.88 Å². The number of benzene rings is 1. The average Bonchev–Trinajstić information content (AvgIpc) is 2.88. The number of nitrogens with one attached hydrogen (secondary N) is 1. The lowest BCUT2D eigenvalue weighted by atomic mass is 10.0. The van der Waals surface area contributed by atoms with Crippen LogP contribution in [0, 0.1) is 6.92 Å². The minimum atomic E-state index is 0.451. The quantitative estimate of drug-likeness (QED) is 0.871. The van der Waals surface area contributed by atoms with Crippen LogP contribution >= 0.6 is 0 Å². The summed E-state index contributed by atoms with van der Waals surface area (Å²) in [5, 5.41) is 3.60. The van der Waals surface area contributed by atoms with Crippen molar-refractivity contribution in [3.8, 4) is 0 Å². The van der Waals surface area contributed by atoms with Gasteiger partial charge >= 0.3 is 0 Å². The molecule has 1 heterocycles. The summed E-state index contributed by atoms with van der Waals surface area (Å²) in [6, 6.07) is 9.51. The predicted molar refractivity (Wildman–Crippen MR) is 83.8 cm³/mol. The van der Waals surface area contributed by atoms with Crippen molar-refractivity contribution in [2.45, 2.75) is 52.7 Å². The van der Waals surface area contributed by atoms with Gasteiger partial charge in [-0.15, -0.1) is 0 Å². The fourth-order valence-electron chi connectivity index (χ4n) is 2.45. The molecule has 3 heteroatoms. The van der Waals surface area contributed by atoms with E-state index in [0.717, 1.165) is 13.0 Å². The molecule has 1 N–H and O–H groups in total. The van der Waals surface area contributed by atoms with Crippen molar-refractivity contribution in [3.05, 3.63) is 53.6 Å². The van der Waals surface area contributed by atoms with Crippen LogP contribution in [0.1, 0.15) is 43.6 Å². The summed E-state index contributed by atoms with van der Waals surface area (Å²) >= 11 is 0. The van der Waals surface area contributed by atoms with Crippen molar-refractivity contribution in [2.24, 2.45) is 0 Å². The second kappa shape index (κ2) is 6.71. The van der Waals surface area contributed by atoms with Crippen LogP contribution in [-0.4, -0.2) is 15.6 Å². The first kappa shape index (κ1) is 14.8. The second-order valence-corrected chi connectivity index (χ2v) is 5.80. The zero-order chi connectivity index (χ0) is 14.5. The Morgan fingerprint density at radius 2 is 1.95 bits per heavy atom. The van der Waals surface area contributed by atoms with Crippen LogP contribution in [0.15, 0.2) is 36.8 Å². The van der Waals surface area contributed by atoms with E-state index in [4.69, 9.17) is 0 Å². The van der Waals surface area contributed by atoms with Gasteiger partial charge in [-0.3, -0.25) is 0 Å². The van der Waals surface area contributed by atoms with Gasteiger partial charge in [0.05, 0.1) is 12.0 Å². The minimum absolute atomic E-state index is 0.451. The second-order valence-electron chi connectivity index (χ2n) is 5.80. The Labute approximate surface area is 122 Å². The largest absolute Gasteiger partial charge is 0.331 e. The Balaban J connectivity index is 1.91. The highest BCUT2D eigenvalue weighted by molar-refractivity contribution is 5.26. The maximum atomic E-state index is 4.24. The van der Waals surface area contributed by atoms with Gasteiger partial charge in [0.25, 0.3) is 0 Å². The lowest BCUT2D eigenvalue weighted by Crippen LogP contribution is -2.29. The van der Waals surface area contributed by atoms with Gasteiger partial charge in [-0.1, -0.05) is 24.3 Å². The highest BCUT2D eigenvalue weighted by Crippen LogP contribution is 2.11. The zero-order valence-electron chi connectivity index (χ0n) is 12.9. The van der Waals surface area contributed by atoms with Crippen LogP contribution in [-0.2, 0) is 13.0 Å². The summed E-state index contributed by atoms with van der Waals surface area (Å²) in [7, 11) is 0. The average molecular weight is 271 g/mol. The van der Waals surface area contributed by atoms with Crippen LogP contribution in [0.5, 0.6) is 0 Å². The first-order chi connectivity index (χ1) is 9.58. The highest BCUT2D eigenvalue weighted by atomic mass is 15.1. The predicted octanol–water partition coefficient (Wildman–Crippen LogP) is 3.49. The standard InChI is InChI=1S/C17H25N3/c1-13(2)20-12-18-10-17(20)11-19-15(4)9-16-8-6-5-7-14(16)3/h5-8,10,12-13,15,19H,9,11H2,1-4H3. The van der Waals surface area contributed by atoms with Crippen molar-refractivity contribution in [2.75, 3.05) is 0 Å². The molecule has 1 aromatic heterocycles. The molecule has 0 radical (unpaired) electrons. The number of aromatic nitrogens is 2. The Hall–Kier alpha value is -1.61. The van der Waals surface area contributed by atoms with Crippen LogP contribution in [0.2, 0.25) is 0 Å². The van der Waals surface area contributed by atoms with E-state index in [0.29, 0.717) is 12.1 Å². The smallest absolute Gasteiger partial charge is 0.0951 e. The van der Waals surface area contributed by atoms with Gasteiger partial charge in [-0.05, 0) is 45.2 Å². The van der Waals surface area contributed by atoms with Crippen LogP contribution < -0.4 is 5.32 Å². The molecule has 1 aromatic carbocycles. The summed E-state index contributed by atoms with van der Waals surface area (Å²) in [5.74, 6) is 0. The number of hydrogen-bond acceptors (Lipinski definition) is 2. The van der Waals surface area contributed by atoms with Crippen LogP contribution in [0.4, 0.5) is 0 Å². The lowest BCUT2D eigenvalue weighted by molar-refractivity contribution is 0.504. The summed E-state index contributed by atoms with van der Waals surface area (Å²) < 4.78 is 2.22. The summed E-state index contributed by atoms with van der Waals surface area (Å²) in [4.78, 5) is 4.24. The van der Waals surface area contributed by atoms with E-state index in [1.54, 1.807) is 0 Å². The monoisotopic (exact) mass is 271 g/mol. The van der Waals surface area contributed by atoms with Gasteiger partial charge in [0.2, 0.25) is 0 Å². The SMILES string of the molecule is Cc1ccccc1CC(C)NCc1cncn1C(C)C. The molecule has 0 aliphatic heterocycles. The topological polar surface area (TPSA) is 29.9 Å². The van der Waals surface area contributed by atoms with Crippen molar-refractivity contribution < 1.29 is 0 Å². The van der Waals surface area contributed by atoms with E-state index in [2.05, 4.69) is 66.8 Å². The third kappa shape index (κ3) is 3.70. The van der Waals surface area contributed by atoms with E-state index in [1.165, 1.54) is 16.8 Å². The minimum Gasteiger partial charge on any atom is -0.331 e. The summed E-state index contributed by atoms with van der Waals surface area (Å²) in [5.41, 5.74) is 4.04. The van der Waals surface area contributed by atoms with Gasteiger partial charge in [0, 0.05) is 24.8 Å². The molecule has 0 amide bonds. The first-order valence-corrected chi connectivity index (χ1v) is 7.36. The van der Waals surface area contributed by atoms with Gasteiger partial charge in [-0.2, -0.15) is 0 Å². The fourth-order valence-corrected chi connectivity index (χ4v) is 2.45. The van der Waals surface area contributed by atoms with E-state index in [1.807, 2.05) is 12.5 Å². The first-order valence-electron chi connectivity index (χ1n) is 7.36. The Morgan fingerprint density at radius 1 is 1.20 bits per heavy atom. The fraction of sp³-hybridized carbons (Fsp3) is 0.471. The Morgan fingerprint density at radius 3 is 2.65 bits per heavy atom. The number of aryl methyl sites for hydroxylation is 1. The number of nitrogens with zero attached hydrogens (tertiary/aromatic N) is 2. The highest BCUT2D eigenvalue weighted by Gasteiger charge is 2.08. The molecule has 0 spiro atoms. The molecule has 108 valence electrons. The van der Waals surface area contributed by atoms with Crippen LogP contribution in [0.25, 0.3) is 0 Å². The molecular formula is C17H25N3. The Kier molecular flexibility index (Phi) is 4.96. The van der Waals surface area contributed by atoms with E-state index in [9.17, 15) is 0 Å². The molecule has 0 bridgehead atoms. The van der Waals surface area contributed by atoms with Crippen molar-refractivity contribution in [1.82, 2.24) is 14.9 Å². The molecule has 3 nitrogen and oxygen atoms in total. The third-order valence-corrected chi connectivity index (χ3v) is 3.72. The molecule has 0 saturated heterocycles. The molecule has 0 saturated carbocycles. The van der Waals surface area contributed by atoms with Gasteiger partial charge in [-0.25, -0.2) is 4.98 Å². The van der Waals surface area contributed by atoms with E-state index < -0.39 is 0 Å². The van der Waals surface area contributed by atoms with E-state index in [-0.39, 0.29) is 0 Å². The molecule has 20 heavy (non-hydrogen) atoms. The molecule has 2 aromatic rings. The summed E-state index contributed by atoms with van der Waals surface area (Å²) in [6.45, 7) is 9.65. The molecular weight excluding hydrogens is 246 g/mol. The molecule has 0 fully saturated rings. The van der Waals surface area contributed by atoms with Crippen molar-refractivity contribution >= 4 is 0 Å². The molecule has 2 rings (SSSR count). The molecule has 0 aliphatic rings. The normalized spacial score (nSPS) is 12.8. The number of rotatable bonds is 6. The van der Waals surface area contributed by atoms with E-state index >= 15 is 0 Å². The Bertz CT molecular complexity index is 543. The van der Waals surface area contributed by atoms with Gasteiger partial charge in [0.15, 0.2) is 0 Å². The van der Waals surface area contributed by atoms with Gasteiger partial charge in [0.1, 0.15) is 0 Å². The van der Waals surface area contributed by atoms with Crippen molar-refractivity contribution in [3.63, 3.8) is 0 Å². The summed E-state index contributed by atoms with van der Waals surface area (Å²) in [6.07, 6.45) is 4.92. The van der Waals surface area contributed by atoms with Crippen molar-refractivity contribution in [1.29, 1.82) is 0 Å². The molecule has 0 aliphatic carbocycles. The van der Waals surface area contributed by atoms with Crippen LogP contribution in [0.3, 0.4) is 0 Å².